The first-order valence-electron chi connectivity index (χ1n) is 7.85. The highest BCUT2D eigenvalue weighted by Gasteiger charge is 2.35. The first kappa shape index (κ1) is 14.9. The van der Waals surface area contributed by atoms with Crippen LogP contribution in [0.2, 0.25) is 0 Å². The van der Waals surface area contributed by atoms with Gasteiger partial charge < -0.3 is 10.6 Å². The Morgan fingerprint density at radius 1 is 1.14 bits per heavy atom. The van der Waals surface area contributed by atoms with Gasteiger partial charge >= 0.3 is 0 Å². The molecule has 1 aliphatic heterocycles. The van der Waals surface area contributed by atoms with E-state index < -0.39 is 9.84 Å². The highest BCUT2D eigenvalue weighted by atomic mass is 32.2. The SMILES string of the molecule is CS(=O)(=O)c1ccccc1NC1CCCC1C1CCCN1. The first-order valence-corrected chi connectivity index (χ1v) is 9.74. The molecule has 2 fully saturated rings. The fourth-order valence-corrected chi connectivity index (χ4v) is 4.69. The lowest BCUT2D eigenvalue weighted by Gasteiger charge is -2.28. The van der Waals surface area contributed by atoms with Crippen LogP contribution in [0.5, 0.6) is 0 Å². The summed E-state index contributed by atoms with van der Waals surface area (Å²) in [6, 6.07) is 8.23. The summed E-state index contributed by atoms with van der Waals surface area (Å²) in [4.78, 5) is 0.412. The van der Waals surface area contributed by atoms with E-state index >= 15 is 0 Å². The van der Waals surface area contributed by atoms with Crippen molar-refractivity contribution in [3.63, 3.8) is 0 Å². The van der Waals surface area contributed by atoms with Gasteiger partial charge in [0.05, 0.1) is 10.6 Å². The summed E-state index contributed by atoms with van der Waals surface area (Å²) in [6.45, 7) is 1.12. The summed E-state index contributed by atoms with van der Waals surface area (Å²) >= 11 is 0. The minimum atomic E-state index is -3.19. The summed E-state index contributed by atoms with van der Waals surface area (Å²) in [5.74, 6) is 0.611. The number of para-hydroxylation sites is 1. The van der Waals surface area contributed by atoms with Gasteiger partial charge in [0.25, 0.3) is 0 Å². The maximum atomic E-state index is 11.9. The summed E-state index contributed by atoms with van der Waals surface area (Å²) in [7, 11) is -3.19. The molecule has 21 heavy (non-hydrogen) atoms. The third-order valence-corrected chi connectivity index (χ3v) is 5.97. The third-order valence-electron chi connectivity index (χ3n) is 4.81. The van der Waals surface area contributed by atoms with E-state index in [1.54, 1.807) is 12.1 Å². The molecule has 0 bridgehead atoms. The van der Waals surface area contributed by atoms with Crippen LogP contribution in [0.25, 0.3) is 0 Å². The molecule has 1 saturated carbocycles. The molecule has 0 spiro atoms. The lowest BCUT2D eigenvalue weighted by molar-refractivity contribution is 0.376. The second-order valence-electron chi connectivity index (χ2n) is 6.32. The Kier molecular flexibility index (Phi) is 4.22. The molecule has 2 aliphatic rings. The lowest BCUT2D eigenvalue weighted by Crippen LogP contribution is -2.38. The molecule has 1 aliphatic carbocycles. The van der Waals surface area contributed by atoms with Crippen molar-refractivity contribution in [3.8, 4) is 0 Å². The molecule has 3 rings (SSSR count). The molecule has 4 nitrogen and oxygen atoms in total. The maximum Gasteiger partial charge on any atom is 0.177 e. The summed E-state index contributed by atoms with van der Waals surface area (Å²) in [6.07, 6.45) is 7.36. The Balaban J connectivity index is 1.80. The molecule has 5 heteroatoms. The van der Waals surface area contributed by atoms with Crippen LogP contribution in [0.1, 0.15) is 32.1 Å². The van der Waals surface area contributed by atoms with Crippen molar-refractivity contribution in [1.29, 1.82) is 0 Å². The van der Waals surface area contributed by atoms with Gasteiger partial charge in [-0.2, -0.15) is 0 Å². The van der Waals surface area contributed by atoms with Crippen LogP contribution in [0, 0.1) is 5.92 Å². The maximum absolute atomic E-state index is 11.9. The van der Waals surface area contributed by atoms with Gasteiger partial charge in [0.15, 0.2) is 9.84 Å². The van der Waals surface area contributed by atoms with E-state index in [9.17, 15) is 8.42 Å². The molecule has 2 N–H and O–H groups in total. The minimum Gasteiger partial charge on any atom is -0.381 e. The number of hydrogen-bond acceptors (Lipinski definition) is 4. The third kappa shape index (κ3) is 3.24. The van der Waals surface area contributed by atoms with Crippen molar-refractivity contribution >= 4 is 15.5 Å². The molecule has 1 heterocycles. The highest BCUT2D eigenvalue weighted by molar-refractivity contribution is 7.90. The quantitative estimate of drug-likeness (QED) is 0.897. The Labute approximate surface area is 127 Å². The zero-order valence-electron chi connectivity index (χ0n) is 12.5. The molecule has 0 radical (unpaired) electrons. The second-order valence-corrected chi connectivity index (χ2v) is 8.30. The topological polar surface area (TPSA) is 58.2 Å². The Morgan fingerprint density at radius 3 is 2.67 bits per heavy atom. The average Bonchev–Trinajstić information content (AvgIpc) is 3.08. The molecule has 0 amide bonds. The Bertz CT molecular complexity index is 594. The van der Waals surface area contributed by atoms with Crippen molar-refractivity contribution in [2.45, 2.75) is 49.1 Å². The summed E-state index contributed by atoms with van der Waals surface area (Å²) in [5, 5.41) is 7.12. The van der Waals surface area contributed by atoms with Crippen molar-refractivity contribution in [1.82, 2.24) is 5.32 Å². The van der Waals surface area contributed by atoms with Gasteiger partial charge in [-0.25, -0.2) is 8.42 Å². The van der Waals surface area contributed by atoms with Crippen LogP contribution in [-0.4, -0.2) is 33.3 Å². The van der Waals surface area contributed by atoms with Crippen LogP contribution in [-0.2, 0) is 9.84 Å². The van der Waals surface area contributed by atoms with E-state index in [1.165, 1.54) is 31.9 Å². The zero-order valence-corrected chi connectivity index (χ0v) is 13.3. The molecule has 3 unspecified atom stereocenters. The highest BCUT2D eigenvalue weighted by Crippen LogP contribution is 2.35. The van der Waals surface area contributed by atoms with Crippen molar-refractivity contribution in [2.75, 3.05) is 18.1 Å². The Morgan fingerprint density at radius 2 is 1.95 bits per heavy atom. The van der Waals surface area contributed by atoms with Crippen LogP contribution in [0.15, 0.2) is 29.2 Å². The van der Waals surface area contributed by atoms with Gasteiger partial charge in [0, 0.05) is 18.3 Å². The van der Waals surface area contributed by atoms with E-state index in [0.29, 0.717) is 22.9 Å². The fourth-order valence-electron chi connectivity index (χ4n) is 3.84. The van der Waals surface area contributed by atoms with Crippen molar-refractivity contribution in [2.24, 2.45) is 5.92 Å². The van der Waals surface area contributed by atoms with E-state index in [-0.39, 0.29) is 0 Å². The van der Waals surface area contributed by atoms with Gasteiger partial charge in [-0.05, 0) is 50.3 Å². The Hall–Kier alpha value is -1.07. The van der Waals surface area contributed by atoms with Crippen molar-refractivity contribution < 1.29 is 8.42 Å². The molecule has 1 aromatic rings. The largest absolute Gasteiger partial charge is 0.381 e. The number of hydrogen-bond donors (Lipinski definition) is 2. The summed E-state index contributed by atoms with van der Waals surface area (Å²) < 4.78 is 23.8. The number of rotatable bonds is 4. The van der Waals surface area contributed by atoms with Crippen LogP contribution in [0.3, 0.4) is 0 Å². The smallest absolute Gasteiger partial charge is 0.177 e. The van der Waals surface area contributed by atoms with E-state index in [0.717, 1.165) is 18.7 Å². The van der Waals surface area contributed by atoms with Crippen LogP contribution in [0.4, 0.5) is 5.69 Å². The van der Waals surface area contributed by atoms with Gasteiger partial charge in [-0.15, -0.1) is 0 Å². The molecule has 1 aromatic carbocycles. The summed E-state index contributed by atoms with van der Waals surface area (Å²) in [5.41, 5.74) is 0.759. The normalized spacial score (nSPS) is 29.7. The first-order chi connectivity index (χ1) is 10.1. The molecule has 1 saturated heterocycles. The molecule has 3 atom stereocenters. The zero-order chi connectivity index (χ0) is 14.9. The molecule has 116 valence electrons. The number of benzene rings is 1. The van der Waals surface area contributed by atoms with Gasteiger partial charge in [0.2, 0.25) is 0 Å². The minimum absolute atomic E-state index is 0.378. The van der Waals surface area contributed by atoms with Crippen LogP contribution < -0.4 is 10.6 Å². The standard InChI is InChI=1S/C16H24N2O2S/c1-21(19,20)16-10-3-2-7-15(16)18-14-8-4-6-12(14)13-9-5-11-17-13/h2-3,7,10,12-14,17-18H,4-6,8-9,11H2,1H3. The van der Waals surface area contributed by atoms with Crippen molar-refractivity contribution in [3.05, 3.63) is 24.3 Å². The predicted molar refractivity (Wildman–Crippen MR) is 85.3 cm³/mol. The predicted octanol–water partition coefficient (Wildman–Crippen LogP) is 2.42. The number of anilines is 1. The number of sulfone groups is 1. The van der Waals surface area contributed by atoms with E-state index in [2.05, 4.69) is 10.6 Å². The van der Waals surface area contributed by atoms with Crippen LogP contribution >= 0.6 is 0 Å². The average molecular weight is 308 g/mol. The fraction of sp³-hybridized carbons (Fsp3) is 0.625. The van der Waals surface area contributed by atoms with Gasteiger partial charge in [0.1, 0.15) is 0 Å². The van der Waals surface area contributed by atoms with E-state index in [1.807, 2.05) is 12.1 Å². The molecule has 0 aromatic heterocycles. The monoisotopic (exact) mass is 308 g/mol. The number of nitrogens with one attached hydrogen (secondary N) is 2. The van der Waals surface area contributed by atoms with Gasteiger partial charge in [-0.3, -0.25) is 0 Å². The second kappa shape index (κ2) is 5.97. The van der Waals surface area contributed by atoms with E-state index in [4.69, 9.17) is 0 Å². The molecular weight excluding hydrogens is 284 g/mol. The van der Waals surface area contributed by atoms with Gasteiger partial charge in [-0.1, -0.05) is 18.6 Å². The molecular formula is C16H24N2O2S. The lowest BCUT2D eigenvalue weighted by atomic mass is 9.93.